The molecule has 0 aliphatic heterocycles. The topological polar surface area (TPSA) is 43.0 Å². The van der Waals surface area contributed by atoms with Crippen molar-refractivity contribution in [1.29, 1.82) is 0 Å². The van der Waals surface area contributed by atoms with E-state index in [-0.39, 0.29) is 11.1 Å². The van der Waals surface area contributed by atoms with Crippen LogP contribution in [-0.2, 0) is 12.8 Å². The fraction of sp³-hybridized carbons (Fsp3) is 0.774. The Balaban J connectivity index is 1.63. The van der Waals surface area contributed by atoms with Crippen molar-refractivity contribution in [3.8, 4) is 0 Å². The van der Waals surface area contributed by atoms with Gasteiger partial charge in [0.1, 0.15) is 0 Å². The van der Waals surface area contributed by atoms with Crippen molar-refractivity contribution in [1.82, 2.24) is 8.80 Å². The predicted molar refractivity (Wildman–Crippen MR) is 307 cm³/mol. The normalized spacial score (nSPS) is 13.0. The van der Waals surface area contributed by atoms with Crippen LogP contribution in [0.3, 0.4) is 0 Å². The molecule has 6 heteroatoms. The van der Waals surface area contributed by atoms with E-state index < -0.39 is 0 Å². The maximum absolute atomic E-state index is 15.1. The summed E-state index contributed by atoms with van der Waals surface area (Å²) in [6.07, 6.45) is 54.6. The first kappa shape index (κ1) is 58.9. The second-order valence-electron chi connectivity index (χ2n) is 21.7. The highest BCUT2D eigenvalue weighted by molar-refractivity contribution is 9.10. The first-order chi connectivity index (χ1) is 33.4. The van der Waals surface area contributed by atoms with Crippen molar-refractivity contribution >= 4 is 53.7 Å². The standard InChI is InChI=1S/C62H102Br2N2O2/c1-5-9-13-17-21-25-27-31-35-39-43-51(41-37-33-29-23-19-15-11-7-3)49-53-55-45-47-57(63)65(55)62(68)60-54(56-46-48-58(64)66(56)61(67)59(53)60)50-52(42-38-34-30-24-20-16-12-8-4)44-40-36-32-28-26-22-18-14-10-6-2/h45-48,51-52H,5-44,49-50H2,1-4H3. The van der Waals surface area contributed by atoms with Crippen molar-refractivity contribution in [2.45, 2.75) is 297 Å². The van der Waals surface area contributed by atoms with Crippen molar-refractivity contribution < 1.29 is 0 Å². The number of hydrogen-bond acceptors (Lipinski definition) is 2. The average Bonchev–Trinajstić information content (AvgIpc) is 3.93. The molecule has 0 aliphatic carbocycles. The zero-order valence-electron chi connectivity index (χ0n) is 44.6. The second kappa shape index (κ2) is 36.3. The molecule has 0 saturated heterocycles. The Hall–Kier alpha value is -1.66. The Morgan fingerprint density at radius 2 is 0.559 bits per heavy atom. The van der Waals surface area contributed by atoms with Gasteiger partial charge < -0.3 is 0 Å². The van der Waals surface area contributed by atoms with Gasteiger partial charge in [0, 0.05) is 0 Å². The number of pyridine rings is 2. The van der Waals surface area contributed by atoms with E-state index in [9.17, 15) is 0 Å². The quantitative estimate of drug-likeness (QED) is 0.0414. The molecule has 4 heterocycles. The van der Waals surface area contributed by atoms with E-state index >= 15 is 9.59 Å². The molecule has 0 radical (unpaired) electrons. The van der Waals surface area contributed by atoms with Crippen molar-refractivity contribution in [3.05, 3.63) is 65.3 Å². The molecule has 4 rings (SSSR count). The number of halogens is 2. The lowest BCUT2D eigenvalue weighted by Crippen LogP contribution is -2.26. The van der Waals surface area contributed by atoms with Crippen LogP contribution in [0.2, 0.25) is 0 Å². The Morgan fingerprint density at radius 1 is 0.338 bits per heavy atom. The van der Waals surface area contributed by atoms with Gasteiger partial charge in [-0.05, 0) is 91.9 Å². The molecule has 0 saturated carbocycles. The SMILES string of the molecule is CCCCCCCCCCCCC(CCCCCCCCCC)Cc1c2c(=O)n3c(Br)ccc3c(CC(CCCCCCCCCC)CCCCCCCCCCCC)c2c(=O)n2c(Br)ccc12. The molecule has 4 aromatic rings. The summed E-state index contributed by atoms with van der Waals surface area (Å²) < 4.78 is 5.42. The smallest absolute Gasteiger partial charge is 0.264 e. The molecule has 0 fully saturated rings. The summed E-state index contributed by atoms with van der Waals surface area (Å²) in [5.74, 6) is 0.972. The van der Waals surface area contributed by atoms with Crippen LogP contribution < -0.4 is 11.1 Å². The molecule has 0 bridgehead atoms. The Kier molecular flexibility index (Phi) is 31.4. The summed E-state index contributed by atoms with van der Waals surface area (Å²) >= 11 is 7.68. The average molecular weight is 1070 g/mol. The predicted octanol–water partition coefficient (Wildman–Crippen LogP) is 21.0. The third kappa shape index (κ3) is 20.5. The Labute approximate surface area is 434 Å². The Bertz CT molecular complexity index is 1870. The minimum absolute atomic E-state index is 0.0263. The fourth-order valence-electron chi connectivity index (χ4n) is 11.6. The van der Waals surface area contributed by atoms with Gasteiger partial charge in [-0.15, -0.1) is 0 Å². The van der Waals surface area contributed by atoms with Crippen molar-refractivity contribution in [3.63, 3.8) is 0 Å². The number of fused-ring (bicyclic) bond motifs is 3. The van der Waals surface area contributed by atoms with Crippen LogP contribution in [-0.4, -0.2) is 8.80 Å². The van der Waals surface area contributed by atoms with Gasteiger partial charge in [-0.2, -0.15) is 0 Å². The minimum atomic E-state index is -0.0263. The fourth-order valence-corrected chi connectivity index (χ4v) is 12.6. The largest absolute Gasteiger partial charge is 0.270 e. The van der Waals surface area contributed by atoms with Crippen LogP contribution in [0.25, 0.3) is 21.8 Å². The van der Waals surface area contributed by atoms with Crippen LogP contribution in [0, 0.1) is 11.8 Å². The number of aromatic nitrogens is 2. The number of nitrogens with zero attached hydrogens (tertiary/aromatic N) is 2. The summed E-state index contributed by atoms with van der Waals surface area (Å²) in [6.45, 7) is 9.20. The molecule has 0 N–H and O–H groups in total. The molecule has 4 aromatic heterocycles. The van der Waals surface area contributed by atoms with Crippen LogP contribution in [0.5, 0.6) is 0 Å². The molecule has 0 amide bonds. The van der Waals surface area contributed by atoms with Crippen LogP contribution in [0.15, 0.2) is 43.1 Å². The molecule has 2 unspecified atom stereocenters. The molecule has 0 aliphatic rings. The first-order valence-corrected chi connectivity index (χ1v) is 31.3. The molecule has 0 spiro atoms. The summed E-state index contributed by atoms with van der Waals surface area (Å²) in [4.78, 5) is 30.3. The van der Waals surface area contributed by atoms with E-state index in [4.69, 9.17) is 0 Å². The van der Waals surface area contributed by atoms with E-state index in [1.54, 1.807) is 0 Å². The maximum Gasteiger partial charge on any atom is 0.264 e. The van der Waals surface area contributed by atoms with Gasteiger partial charge in [0.2, 0.25) is 0 Å². The summed E-state index contributed by atoms with van der Waals surface area (Å²) in [5, 5.41) is 1.39. The lowest BCUT2D eigenvalue weighted by molar-refractivity contribution is 0.400. The first-order valence-electron chi connectivity index (χ1n) is 29.7. The van der Waals surface area contributed by atoms with Gasteiger partial charge in [0.15, 0.2) is 0 Å². The molecule has 68 heavy (non-hydrogen) atoms. The summed E-state index contributed by atoms with van der Waals surface area (Å²) in [6, 6.07) is 8.30. The maximum atomic E-state index is 15.1. The monoisotopic (exact) mass is 1060 g/mol. The lowest BCUT2D eigenvalue weighted by Gasteiger charge is -2.22. The van der Waals surface area contributed by atoms with E-state index in [0.717, 1.165) is 44.2 Å². The van der Waals surface area contributed by atoms with Gasteiger partial charge in [-0.25, -0.2) is 0 Å². The third-order valence-electron chi connectivity index (χ3n) is 15.8. The highest BCUT2D eigenvalue weighted by Gasteiger charge is 2.27. The highest BCUT2D eigenvalue weighted by Crippen LogP contribution is 2.35. The van der Waals surface area contributed by atoms with E-state index in [1.807, 2.05) is 20.9 Å². The third-order valence-corrected chi connectivity index (χ3v) is 17.1. The van der Waals surface area contributed by atoms with Crippen LogP contribution >= 0.6 is 31.9 Å². The molecular formula is C62H102Br2N2O2. The van der Waals surface area contributed by atoms with Crippen LogP contribution in [0.1, 0.15) is 296 Å². The van der Waals surface area contributed by atoms with Crippen LogP contribution in [0.4, 0.5) is 0 Å². The second-order valence-corrected chi connectivity index (χ2v) is 23.3. The van der Waals surface area contributed by atoms with Gasteiger partial charge in [-0.1, -0.05) is 285 Å². The lowest BCUT2D eigenvalue weighted by atomic mass is 9.85. The minimum Gasteiger partial charge on any atom is -0.270 e. The zero-order chi connectivity index (χ0) is 48.6. The summed E-state index contributed by atoms with van der Waals surface area (Å²) in [5.41, 5.74) is 3.99. The molecule has 2 atom stereocenters. The molecule has 0 aromatic carbocycles. The van der Waals surface area contributed by atoms with E-state index in [1.165, 1.54) is 257 Å². The Morgan fingerprint density at radius 3 is 0.794 bits per heavy atom. The van der Waals surface area contributed by atoms with Crippen molar-refractivity contribution in [2.24, 2.45) is 11.8 Å². The van der Waals surface area contributed by atoms with E-state index in [2.05, 4.69) is 71.7 Å². The van der Waals surface area contributed by atoms with Gasteiger partial charge >= 0.3 is 0 Å². The zero-order valence-corrected chi connectivity index (χ0v) is 47.8. The van der Waals surface area contributed by atoms with Crippen molar-refractivity contribution in [2.75, 3.05) is 0 Å². The molecule has 4 nitrogen and oxygen atoms in total. The molecular weight excluding hydrogens is 965 g/mol. The number of rotatable bonds is 44. The summed E-state index contributed by atoms with van der Waals surface area (Å²) in [7, 11) is 0. The molecule has 386 valence electrons. The van der Waals surface area contributed by atoms with Gasteiger partial charge in [-0.3, -0.25) is 18.4 Å². The number of hydrogen-bond donors (Lipinski definition) is 0. The number of unbranched alkanes of at least 4 members (excludes halogenated alkanes) is 32. The van der Waals surface area contributed by atoms with Gasteiger partial charge in [0.05, 0.1) is 31.0 Å². The van der Waals surface area contributed by atoms with Gasteiger partial charge in [0.25, 0.3) is 11.1 Å². The highest BCUT2D eigenvalue weighted by atomic mass is 79.9. The van der Waals surface area contributed by atoms with E-state index in [0.29, 0.717) is 22.6 Å².